The molecule has 0 aromatic heterocycles. The van der Waals surface area contributed by atoms with Crippen molar-refractivity contribution in [2.75, 3.05) is 13.1 Å². The van der Waals surface area contributed by atoms with Gasteiger partial charge in [0.25, 0.3) is 11.8 Å². The highest BCUT2D eigenvalue weighted by molar-refractivity contribution is 7.89. The molecule has 2 aromatic carbocycles. The van der Waals surface area contributed by atoms with Crippen molar-refractivity contribution in [3.8, 4) is 0 Å². The number of carbonyl (C=O) groups excluding carboxylic acids is 2. The van der Waals surface area contributed by atoms with Crippen LogP contribution in [0.1, 0.15) is 33.6 Å². The number of carbonyl (C=O) groups is 2. The zero-order chi connectivity index (χ0) is 19.4. The van der Waals surface area contributed by atoms with E-state index in [1.807, 2.05) is 0 Å². The predicted molar refractivity (Wildman–Crippen MR) is 101 cm³/mol. The normalized spacial score (nSPS) is 14.7. The first-order valence-corrected chi connectivity index (χ1v) is 10.2. The molecular weight excluding hydrogens is 390 g/mol. The fourth-order valence-electron chi connectivity index (χ4n) is 2.76. The number of hydrogen-bond donors (Lipinski definition) is 2. The van der Waals surface area contributed by atoms with Gasteiger partial charge in [-0.2, -0.15) is 4.31 Å². The Labute approximate surface area is 162 Å². The van der Waals surface area contributed by atoms with Crippen molar-refractivity contribution in [1.29, 1.82) is 0 Å². The molecule has 0 bridgehead atoms. The van der Waals surface area contributed by atoms with Crippen LogP contribution in [0.4, 0.5) is 0 Å². The summed E-state index contributed by atoms with van der Waals surface area (Å²) < 4.78 is 26.8. The summed E-state index contributed by atoms with van der Waals surface area (Å²) in [5.41, 5.74) is 5.02. The van der Waals surface area contributed by atoms with Crippen molar-refractivity contribution < 1.29 is 18.0 Å². The van der Waals surface area contributed by atoms with Crippen molar-refractivity contribution in [3.05, 3.63) is 64.7 Å². The van der Waals surface area contributed by atoms with E-state index in [2.05, 4.69) is 10.9 Å². The van der Waals surface area contributed by atoms with E-state index in [4.69, 9.17) is 11.6 Å². The topological polar surface area (TPSA) is 95.6 Å². The second-order valence-electron chi connectivity index (χ2n) is 6.03. The van der Waals surface area contributed by atoms with Gasteiger partial charge in [0.15, 0.2) is 0 Å². The molecule has 7 nitrogen and oxygen atoms in total. The summed E-state index contributed by atoms with van der Waals surface area (Å²) in [4.78, 5) is 24.2. The summed E-state index contributed by atoms with van der Waals surface area (Å²) in [5, 5.41) is 0.0479. The lowest BCUT2D eigenvalue weighted by atomic mass is 10.2. The average molecular weight is 408 g/mol. The molecule has 0 atom stereocenters. The Hall–Kier alpha value is -2.42. The minimum absolute atomic E-state index is 0.0479. The minimum Gasteiger partial charge on any atom is -0.267 e. The first-order valence-electron chi connectivity index (χ1n) is 8.35. The molecule has 1 aliphatic rings. The monoisotopic (exact) mass is 407 g/mol. The molecule has 1 aliphatic heterocycles. The van der Waals surface area contributed by atoms with Crippen LogP contribution in [0.2, 0.25) is 5.02 Å². The summed E-state index contributed by atoms with van der Waals surface area (Å²) in [6.45, 7) is 0.866. The van der Waals surface area contributed by atoms with Crippen molar-refractivity contribution in [2.45, 2.75) is 17.7 Å². The molecule has 2 amide bonds. The maximum absolute atomic E-state index is 12.7. The van der Waals surface area contributed by atoms with E-state index < -0.39 is 21.8 Å². The highest BCUT2D eigenvalue weighted by atomic mass is 35.5. The number of amides is 2. The summed E-state index contributed by atoms with van der Waals surface area (Å²) in [5.74, 6) is -1.13. The van der Waals surface area contributed by atoms with E-state index >= 15 is 0 Å². The second-order valence-corrected chi connectivity index (χ2v) is 8.34. The number of nitrogens with one attached hydrogen (secondary N) is 2. The maximum atomic E-state index is 12.7. The summed E-state index contributed by atoms with van der Waals surface area (Å²) >= 11 is 6.06. The lowest BCUT2D eigenvalue weighted by Gasteiger charge is -2.17. The molecule has 3 rings (SSSR count). The molecule has 1 heterocycles. The van der Waals surface area contributed by atoms with Crippen molar-refractivity contribution >= 4 is 33.4 Å². The van der Waals surface area contributed by atoms with Crippen LogP contribution in [0.3, 0.4) is 0 Å². The highest BCUT2D eigenvalue weighted by Gasteiger charge is 2.29. The van der Waals surface area contributed by atoms with E-state index in [1.165, 1.54) is 22.5 Å². The van der Waals surface area contributed by atoms with Gasteiger partial charge < -0.3 is 0 Å². The molecule has 0 aliphatic carbocycles. The van der Waals surface area contributed by atoms with E-state index in [0.29, 0.717) is 18.7 Å². The molecule has 1 fully saturated rings. The maximum Gasteiger partial charge on any atom is 0.269 e. The molecule has 9 heteroatoms. The number of benzene rings is 2. The summed E-state index contributed by atoms with van der Waals surface area (Å²) in [7, 11) is -3.77. The van der Waals surface area contributed by atoms with Gasteiger partial charge in [-0.3, -0.25) is 20.4 Å². The van der Waals surface area contributed by atoms with Gasteiger partial charge in [0.2, 0.25) is 10.0 Å². The number of hydrazine groups is 1. The zero-order valence-corrected chi connectivity index (χ0v) is 15.9. The third kappa shape index (κ3) is 4.29. The van der Waals surface area contributed by atoms with Gasteiger partial charge in [0.1, 0.15) is 4.90 Å². The van der Waals surface area contributed by atoms with Crippen LogP contribution < -0.4 is 10.9 Å². The molecule has 142 valence electrons. The summed E-state index contributed by atoms with van der Waals surface area (Å²) in [6, 6.07) is 12.4. The van der Waals surface area contributed by atoms with Gasteiger partial charge in [-0.15, -0.1) is 0 Å². The molecule has 2 aromatic rings. The Bertz CT molecular complexity index is 958. The highest BCUT2D eigenvalue weighted by Crippen LogP contribution is 2.28. The Morgan fingerprint density at radius 3 is 2.11 bits per heavy atom. The molecule has 0 unspecified atom stereocenters. The quantitative estimate of drug-likeness (QED) is 0.759. The summed E-state index contributed by atoms with van der Waals surface area (Å²) in [6.07, 6.45) is 1.59. The number of rotatable bonds is 4. The van der Waals surface area contributed by atoms with Gasteiger partial charge >= 0.3 is 0 Å². The van der Waals surface area contributed by atoms with Crippen LogP contribution in [-0.2, 0) is 10.0 Å². The number of halogens is 1. The first kappa shape index (κ1) is 19.3. The standard InChI is InChI=1S/C18H18ClN3O4S/c19-15-9-8-14(12-16(15)27(25,26)22-10-4-5-11-22)18(24)21-20-17(23)13-6-2-1-3-7-13/h1-3,6-9,12H,4-5,10-11H2,(H,20,23)(H,21,24). The fraction of sp³-hybridized carbons (Fsp3) is 0.222. The van der Waals surface area contributed by atoms with E-state index in [9.17, 15) is 18.0 Å². The van der Waals surface area contributed by atoms with Gasteiger partial charge in [0, 0.05) is 24.2 Å². The van der Waals surface area contributed by atoms with Crippen molar-refractivity contribution in [3.63, 3.8) is 0 Å². The molecule has 27 heavy (non-hydrogen) atoms. The Balaban J connectivity index is 1.75. The Kier molecular flexibility index (Phi) is 5.79. The van der Waals surface area contributed by atoms with Crippen LogP contribution in [0.25, 0.3) is 0 Å². The van der Waals surface area contributed by atoms with E-state index in [1.54, 1.807) is 30.3 Å². The molecule has 0 saturated carbocycles. The molecule has 0 radical (unpaired) electrons. The lowest BCUT2D eigenvalue weighted by molar-refractivity contribution is 0.0846. The lowest BCUT2D eigenvalue weighted by Crippen LogP contribution is -2.41. The van der Waals surface area contributed by atoms with Crippen LogP contribution in [0, 0.1) is 0 Å². The Morgan fingerprint density at radius 2 is 1.48 bits per heavy atom. The minimum atomic E-state index is -3.77. The average Bonchev–Trinajstić information content (AvgIpc) is 3.22. The zero-order valence-electron chi connectivity index (χ0n) is 14.3. The third-order valence-electron chi connectivity index (χ3n) is 4.20. The van der Waals surface area contributed by atoms with Gasteiger partial charge in [0.05, 0.1) is 5.02 Å². The van der Waals surface area contributed by atoms with Gasteiger partial charge in [-0.1, -0.05) is 29.8 Å². The van der Waals surface area contributed by atoms with Crippen LogP contribution >= 0.6 is 11.6 Å². The van der Waals surface area contributed by atoms with Crippen LogP contribution in [0.5, 0.6) is 0 Å². The number of nitrogens with zero attached hydrogens (tertiary/aromatic N) is 1. The molecular formula is C18H18ClN3O4S. The van der Waals surface area contributed by atoms with Gasteiger partial charge in [-0.25, -0.2) is 8.42 Å². The molecule has 2 N–H and O–H groups in total. The van der Waals surface area contributed by atoms with Gasteiger partial charge in [-0.05, 0) is 43.2 Å². The smallest absolute Gasteiger partial charge is 0.267 e. The molecule has 0 spiro atoms. The fourth-order valence-corrected chi connectivity index (χ4v) is 4.77. The first-order chi connectivity index (χ1) is 12.9. The van der Waals surface area contributed by atoms with E-state index in [-0.39, 0.29) is 15.5 Å². The van der Waals surface area contributed by atoms with Crippen molar-refractivity contribution in [2.24, 2.45) is 0 Å². The van der Waals surface area contributed by atoms with E-state index in [0.717, 1.165) is 12.8 Å². The number of sulfonamides is 1. The largest absolute Gasteiger partial charge is 0.269 e. The predicted octanol–water partition coefficient (Wildman–Crippen LogP) is 2.20. The third-order valence-corrected chi connectivity index (χ3v) is 6.58. The van der Waals surface area contributed by atoms with Crippen LogP contribution in [-0.4, -0.2) is 37.6 Å². The SMILES string of the molecule is O=C(NNC(=O)c1ccc(Cl)c(S(=O)(=O)N2CCCC2)c1)c1ccccc1. The van der Waals surface area contributed by atoms with Crippen molar-refractivity contribution in [1.82, 2.24) is 15.2 Å². The number of hydrogen-bond acceptors (Lipinski definition) is 4. The second kappa shape index (κ2) is 8.08. The molecule has 1 saturated heterocycles. The van der Waals surface area contributed by atoms with Crippen LogP contribution in [0.15, 0.2) is 53.4 Å². The Morgan fingerprint density at radius 1 is 0.889 bits per heavy atom.